The van der Waals surface area contributed by atoms with Crippen LogP contribution in [0.25, 0.3) is 23.0 Å². The molecule has 4 rings (SSSR count). The highest BCUT2D eigenvalue weighted by molar-refractivity contribution is 5.91. The van der Waals surface area contributed by atoms with Crippen LogP contribution in [-0.4, -0.2) is 25.6 Å². The van der Waals surface area contributed by atoms with E-state index < -0.39 is 6.10 Å². The zero-order chi connectivity index (χ0) is 17.6. The van der Waals surface area contributed by atoms with Gasteiger partial charge in [-0.05, 0) is 25.1 Å². The molecule has 0 saturated carbocycles. The summed E-state index contributed by atoms with van der Waals surface area (Å²) in [5.74, 6) is 0. The molecule has 1 atom stereocenters. The molecule has 0 saturated heterocycles. The Labute approximate surface area is 146 Å². The van der Waals surface area contributed by atoms with Crippen molar-refractivity contribution in [3.63, 3.8) is 0 Å². The summed E-state index contributed by atoms with van der Waals surface area (Å²) in [6.45, 7) is 6.11. The van der Waals surface area contributed by atoms with E-state index in [1.165, 1.54) is 0 Å². The fourth-order valence-electron chi connectivity index (χ4n) is 3.29. The normalized spacial score (nSPS) is 15.1. The van der Waals surface area contributed by atoms with Crippen molar-refractivity contribution in [3.8, 4) is 11.1 Å². The van der Waals surface area contributed by atoms with Crippen LogP contribution in [0.3, 0.4) is 0 Å². The molecule has 0 fully saturated rings. The molecule has 1 N–H and O–H groups in total. The first kappa shape index (κ1) is 15.5. The second kappa shape index (κ2) is 5.79. The lowest BCUT2D eigenvalue weighted by molar-refractivity contribution is 0.230. The first-order valence-electron chi connectivity index (χ1n) is 8.20. The molecule has 0 bridgehead atoms. The van der Waals surface area contributed by atoms with Crippen LogP contribution in [0.1, 0.15) is 12.6 Å². The van der Waals surface area contributed by atoms with E-state index in [2.05, 4.69) is 17.7 Å². The minimum absolute atomic E-state index is 0.616. The van der Waals surface area contributed by atoms with Crippen molar-refractivity contribution in [1.29, 1.82) is 0 Å². The predicted molar refractivity (Wildman–Crippen MR) is 101 cm³/mol. The van der Waals surface area contributed by atoms with Gasteiger partial charge in [-0.1, -0.05) is 24.8 Å². The maximum atomic E-state index is 10.3. The molecule has 1 unspecified atom stereocenters. The maximum Gasteiger partial charge on any atom is 0.0930 e. The Kier molecular flexibility index (Phi) is 3.58. The van der Waals surface area contributed by atoms with Gasteiger partial charge in [-0.25, -0.2) is 0 Å². The molecule has 3 heterocycles. The van der Waals surface area contributed by atoms with E-state index in [-0.39, 0.29) is 0 Å². The van der Waals surface area contributed by atoms with E-state index in [1.54, 1.807) is 11.6 Å². The van der Waals surface area contributed by atoms with Gasteiger partial charge in [-0.15, -0.1) is 0 Å². The lowest BCUT2D eigenvalue weighted by Gasteiger charge is -2.35. The number of aliphatic hydroxyl groups is 1. The molecule has 1 aliphatic rings. The van der Waals surface area contributed by atoms with Gasteiger partial charge in [0.15, 0.2) is 0 Å². The number of aryl methyl sites for hydroxylation is 1. The smallest absolute Gasteiger partial charge is 0.0930 e. The van der Waals surface area contributed by atoms with Gasteiger partial charge in [0.2, 0.25) is 0 Å². The van der Waals surface area contributed by atoms with Gasteiger partial charge in [-0.3, -0.25) is 4.68 Å². The Morgan fingerprint density at radius 1 is 1.16 bits per heavy atom. The Balaban J connectivity index is 1.89. The molecule has 1 aromatic carbocycles. The first-order valence-corrected chi connectivity index (χ1v) is 8.20. The zero-order valence-electron chi connectivity index (χ0n) is 14.3. The van der Waals surface area contributed by atoms with Gasteiger partial charge < -0.3 is 14.6 Å². The van der Waals surface area contributed by atoms with Crippen molar-refractivity contribution in [2.24, 2.45) is 7.05 Å². The topological polar surface area (TPSA) is 46.2 Å². The predicted octanol–water partition coefficient (Wildman–Crippen LogP) is 3.56. The molecule has 5 nitrogen and oxygen atoms in total. The van der Waals surface area contributed by atoms with Crippen molar-refractivity contribution < 1.29 is 5.11 Å². The second-order valence-corrected chi connectivity index (χ2v) is 6.24. The van der Waals surface area contributed by atoms with E-state index >= 15 is 0 Å². The third-order valence-electron chi connectivity index (χ3n) is 4.45. The summed E-state index contributed by atoms with van der Waals surface area (Å²) < 4.78 is 3.81. The minimum atomic E-state index is -0.616. The molecule has 25 heavy (non-hydrogen) atoms. The molecule has 0 amide bonds. The lowest BCUT2D eigenvalue weighted by Crippen LogP contribution is -2.31. The van der Waals surface area contributed by atoms with Crippen LogP contribution in [-0.2, 0) is 7.05 Å². The third kappa shape index (κ3) is 2.49. The summed E-state index contributed by atoms with van der Waals surface area (Å²) in [6, 6.07) is 12.0. The fourth-order valence-corrected chi connectivity index (χ4v) is 3.29. The van der Waals surface area contributed by atoms with Gasteiger partial charge in [-0.2, -0.15) is 5.10 Å². The van der Waals surface area contributed by atoms with Crippen molar-refractivity contribution in [1.82, 2.24) is 14.3 Å². The summed E-state index contributed by atoms with van der Waals surface area (Å²) in [6.07, 6.45) is 7.18. The highest BCUT2D eigenvalue weighted by Gasteiger charge is 2.28. The monoisotopic (exact) mass is 332 g/mol. The fraction of sp³-hybridized carbons (Fsp3) is 0.150. The molecule has 0 spiro atoms. The van der Waals surface area contributed by atoms with Gasteiger partial charge in [0.1, 0.15) is 0 Å². The van der Waals surface area contributed by atoms with E-state index in [9.17, 15) is 5.11 Å². The number of nitrogens with zero attached hydrogens (tertiary/aromatic N) is 4. The van der Waals surface area contributed by atoms with Crippen LogP contribution in [0.2, 0.25) is 0 Å². The summed E-state index contributed by atoms with van der Waals surface area (Å²) in [5, 5.41) is 14.6. The Morgan fingerprint density at radius 2 is 1.92 bits per heavy atom. The van der Waals surface area contributed by atoms with E-state index in [0.717, 1.165) is 33.9 Å². The Bertz CT molecular complexity index is 963. The molecule has 1 aliphatic heterocycles. The summed E-state index contributed by atoms with van der Waals surface area (Å²) >= 11 is 0. The molecular weight excluding hydrogens is 312 g/mol. The largest absolute Gasteiger partial charge is 0.387 e. The Morgan fingerprint density at radius 3 is 2.56 bits per heavy atom. The van der Waals surface area contributed by atoms with E-state index in [4.69, 9.17) is 0 Å². The molecule has 0 aliphatic carbocycles. The molecule has 3 aromatic rings. The summed E-state index contributed by atoms with van der Waals surface area (Å²) in [7, 11) is 1.91. The van der Waals surface area contributed by atoms with Crippen molar-refractivity contribution in [2.45, 2.75) is 13.0 Å². The minimum Gasteiger partial charge on any atom is -0.387 e. The Hall–Kier alpha value is -3.05. The lowest BCUT2D eigenvalue weighted by atomic mass is 10.0. The standard InChI is InChI=1S/C20H20N4O/c1-14-20-18(16-11-21-22(3)12-16)9-10-23(20)13-19(15(2)25)24(14)17-7-5-4-6-8-17/h4-13,15,25H,1H2,2-3H3. The highest BCUT2D eigenvalue weighted by atomic mass is 16.3. The molecular formula is C20H20N4O. The molecule has 0 radical (unpaired) electrons. The number of para-hydroxylation sites is 1. The molecule has 5 heteroatoms. The van der Waals surface area contributed by atoms with Crippen LogP contribution < -0.4 is 4.90 Å². The van der Waals surface area contributed by atoms with Crippen molar-refractivity contribution in [2.75, 3.05) is 4.90 Å². The van der Waals surface area contributed by atoms with Crippen molar-refractivity contribution in [3.05, 3.63) is 73.0 Å². The van der Waals surface area contributed by atoms with Crippen LogP contribution in [0.4, 0.5) is 5.69 Å². The van der Waals surface area contributed by atoms with Gasteiger partial charge in [0, 0.05) is 42.5 Å². The van der Waals surface area contributed by atoms with E-state index in [0.29, 0.717) is 0 Å². The number of fused-ring (bicyclic) bond motifs is 1. The number of hydrogen-bond acceptors (Lipinski definition) is 3. The average molecular weight is 332 g/mol. The number of aliphatic hydroxyl groups excluding tert-OH is 1. The van der Waals surface area contributed by atoms with Crippen LogP contribution in [0, 0.1) is 0 Å². The molecule has 2 aromatic heterocycles. The van der Waals surface area contributed by atoms with Crippen LogP contribution >= 0.6 is 0 Å². The number of benzene rings is 1. The summed E-state index contributed by atoms with van der Waals surface area (Å²) in [5.41, 5.74) is 5.70. The van der Waals surface area contributed by atoms with Crippen LogP contribution in [0.5, 0.6) is 0 Å². The van der Waals surface area contributed by atoms with Gasteiger partial charge >= 0.3 is 0 Å². The number of hydrogen-bond donors (Lipinski definition) is 1. The quantitative estimate of drug-likeness (QED) is 0.798. The second-order valence-electron chi connectivity index (χ2n) is 6.24. The third-order valence-corrected chi connectivity index (χ3v) is 4.45. The number of anilines is 1. The SMILES string of the molecule is C=C1c2c(-c3cnn(C)c3)ccn2C=C(C(C)O)N1c1ccccc1. The molecule has 126 valence electrons. The number of aromatic nitrogens is 3. The van der Waals surface area contributed by atoms with Gasteiger partial charge in [0.05, 0.1) is 29.4 Å². The first-order chi connectivity index (χ1) is 12.1. The van der Waals surface area contributed by atoms with Crippen LogP contribution in [0.15, 0.2) is 67.3 Å². The summed E-state index contributed by atoms with van der Waals surface area (Å²) in [4.78, 5) is 2.01. The number of rotatable bonds is 3. The zero-order valence-corrected chi connectivity index (χ0v) is 14.3. The highest BCUT2D eigenvalue weighted by Crippen LogP contribution is 2.39. The maximum absolute atomic E-state index is 10.3. The van der Waals surface area contributed by atoms with E-state index in [1.807, 2.05) is 71.6 Å². The average Bonchev–Trinajstić information content (AvgIpc) is 3.21. The van der Waals surface area contributed by atoms with Crippen molar-refractivity contribution >= 4 is 17.6 Å². The van der Waals surface area contributed by atoms with Gasteiger partial charge in [0.25, 0.3) is 0 Å².